The molecule has 0 aliphatic carbocycles. The van der Waals surface area contributed by atoms with Gasteiger partial charge in [-0.05, 0) is 68.3 Å². The first-order valence-electron chi connectivity index (χ1n) is 13.1. The first kappa shape index (κ1) is 34.5. The van der Waals surface area contributed by atoms with E-state index >= 15 is 0 Å². The molecule has 3 rings (SSSR count). The number of amides is 2. The number of carbonyl (C=O) groups is 2. The summed E-state index contributed by atoms with van der Waals surface area (Å²) in [4.78, 5) is 27.9. The van der Waals surface area contributed by atoms with Gasteiger partial charge in [0.25, 0.3) is 10.0 Å². The lowest BCUT2D eigenvalue weighted by Gasteiger charge is -2.33. The zero-order valence-electron chi connectivity index (χ0n) is 23.4. The van der Waals surface area contributed by atoms with Crippen molar-refractivity contribution in [2.24, 2.45) is 0 Å². The minimum Gasteiger partial charge on any atom is -0.355 e. The highest BCUT2D eigenvalue weighted by Gasteiger charge is 2.37. The van der Waals surface area contributed by atoms with E-state index in [4.69, 9.17) is 34.8 Å². The van der Waals surface area contributed by atoms with Gasteiger partial charge in [-0.1, -0.05) is 65.5 Å². The highest BCUT2D eigenvalue weighted by atomic mass is 35.5. The molecular formula is C29H29Cl3F3N3O4S. The predicted octanol–water partition coefficient (Wildman–Crippen LogP) is 7.11. The Morgan fingerprint density at radius 2 is 1.53 bits per heavy atom. The Kier molecular flexibility index (Phi) is 11.4. The molecule has 0 aliphatic rings. The molecule has 0 spiro atoms. The van der Waals surface area contributed by atoms with E-state index in [1.54, 1.807) is 26.8 Å². The van der Waals surface area contributed by atoms with Gasteiger partial charge in [0.05, 0.1) is 31.2 Å². The summed E-state index contributed by atoms with van der Waals surface area (Å²) >= 11 is 18.0. The van der Waals surface area contributed by atoms with Crippen LogP contribution in [0, 0.1) is 6.92 Å². The molecule has 2 amide bonds. The summed E-state index contributed by atoms with van der Waals surface area (Å²) in [5, 5.41) is 2.48. The third-order valence-electron chi connectivity index (χ3n) is 6.51. The van der Waals surface area contributed by atoms with Crippen molar-refractivity contribution in [2.75, 3.05) is 17.4 Å². The van der Waals surface area contributed by atoms with Crippen molar-refractivity contribution in [3.63, 3.8) is 0 Å². The number of nitrogens with one attached hydrogen (secondary N) is 1. The number of likely N-dealkylation sites (N-methyl/N-ethyl adjacent to an activating group) is 1. The Hall–Kier alpha value is -2.99. The van der Waals surface area contributed by atoms with Crippen molar-refractivity contribution in [1.29, 1.82) is 0 Å². The van der Waals surface area contributed by atoms with Crippen molar-refractivity contribution in [1.82, 2.24) is 10.2 Å². The maximum Gasteiger partial charge on any atom is 0.417 e. The lowest BCUT2D eigenvalue weighted by atomic mass is 10.1. The lowest BCUT2D eigenvalue weighted by Crippen LogP contribution is -2.52. The van der Waals surface area contributed by atoms with E-state index in [1.807, 2.05) is 0 Å². The number of alkyl halides is 3. The van der Waals surface area contributed by atoms with Gasteiger partial charge in [0, 0.05) is 13.1 Å². The van der Waals surface area contributed by atoms with E-state index in [0.717, 1.165) is 17.7 Å². The lowest BCUT2D eigenvalue weighted by molar-refractivity contribution is -0.140. The second-order valence-corrected chi connectivity index (χ2v) is 12.7. The van der Waals surface area contributed by atoms with Crippen molar-refractivity contribution in [3.05, 3.63) is 92.4 Å². The molecule has 232 valence electrons. The molecule has 0 aliphatic heterocycles. The average molecular weight is 679 g/mol. The van der Waals surface area contributed by atoms with E-state index in [0.29, 0.717) is 15.9 Å². The number of aryl methyl sites for hydroxylation is 1. The topological polar surface area (TPSA) is 86.8 Å². The van der Waals surface area contributed by atoms with E-state index in [9.17, 15) is 31.2 Å². The minimum absolute atomic E-state index is 0.156. The largest absolute Gasteiger partial charge is 0.417 e. The summed E-state index contributed by atoms with van der Waals surface area (Å²) in [6, 6.07) is 11.8. The SMILES string of the molecule is CCNC(=O)[C@H](CC)N(Cc1ccc(Cl)c(Cl)c1)C(=O)CN(c1ccc(Cl)c(C(F)(F)F)c1)S(=O)(=O)c1ccc(C)cc1. The van der Waals surface area contributed by atoms with Gasteiger partial charge in [0.1, 0.15) is 12.6 Å². The van der Waals surface area contributed by atoms with E-state index in [2.05, 4.69) is 5.32 Å². The molecule has 0 radical (unpaired) electrons. The van der Waals surface area contributed by atoms with Crippen LogP contribution >= 0.6 is 34.8 Å². The smallest absolute Gasteiger partial charge is 0.355 e. The van der Waals surface area contributed by atoms with Crippen LogP contribution in [-0.4, -0.2) is 44.3 Å². The van der Waals surface area contributed by atoms with Gasteiger partial charge >= 0.3 is 6.18 Å². The molecule has 0 saturated heterocycles. The van der Waals surface area contributed by atoms with Gasteiger partial charge in [0.15, 0.2) is 0 Å². The number of halogens is 6. The van der Waals surface area contributed by atoms with Crippen molar-refractivity contribution < 1.29 is 31.2 Å². The molecule has 3 aromatic carbocycles. The normalized spacial score (nSPS) is 12.5. The highest BCUT2D eigenvalue weighted by molar-refractivity contribution is 7.92. The Morgan fingerprint density at radius 3 is 2.09 bits per heavy atom. The van der Waals surface area contributed by atoms with Crippen LogP contribution in [0.4, 0.5) is 18.9 Å². The second-order valence-electron chi connectivity index (χ2n) is 9.58. The first-order valence-corrected chi connectivity index (χ1v) is 15.6. The Bertz CT molecular complexity index is 1590. The molecule has 0 unspecified atom stereocenters. The number of rotatable bonds is 11. The summed E-state index contributed by atoms with van der Waals surface area (Å²) in [7, 11) is -4.59. The summed E-state index contributed by atoms with van der Waals surface area (Å²) in [5.74, 6) is -1.33. The molecule has 0 aromatic heterocycles. The van der Waals surface area contributed by atoms with Gasteiger partial charge in [-0.25, -0.2) is 8.42 Å². The average Bonchev–Trinajstić information content (AvgIpc) is 2.93. The zero-order valence-corrected chi connectivity index (χ0v) is 26.5. The third-order valence-corrected chi connectivity index (χ3v) is 9.36. The number of carbonyl (C=O) groups excluding carboxylic acids is 2. The van der Waals surface area contributed by atoms with Crippen LogP contribution in [0.25, 0.3) is 0 Å². The monoisotopic (exact) mass is 677 g/mol. The molecule has 7 nitrogen and oxygen atoms in total. The fraction of sp³-hybridized carbons (Fsp3) is 0.310. The quantitative estimate of drug-likeness (QED) is 0.234. The molecule has 43 heavy (non-hydrogen) atoms. The fourth-order valence-electron chi connectivity index (χ4n) is 4.30. The number of hydrogen-bond acceptors (Lipinski definition) is 4. The van der Waals surface area contributed by atoms with Gasteiger partial charge in [0.2, 0.25) is 11.8 Å². The highest BCUT2D eigenvalue weighted by Crippen LogP contribution is 2.38. The van der Waals surface area contributed by atoms with Crippen LogP contribution in [0.3, 0.4) is 0 Å². The van der Waals surface area contributed by atoms with Gasteiger partial charge in [-0.15, -0.1) is 0 Å². The van der Waals surface area contributed by atoms with E-state index < -0.39 is 56.9 Å². The Morgan fingerprint density at radius 1 is 0.907 bits per heavy atom. The number of anilines is 1. The van der Waals surface area contributed by atoms with Gasteiger partial charge < -0.3 is 10.2 Å². The van der Waals surface area contributed by atoms with Crippen molar-refractivity contribution >= 4 is 62.3 Å². The first-order chi connectivity index (χ1) is 20.1. The van der Waals surface area contributed by atoms with Crippen molar-refractivity contribution in [2.45, 2.75) is 50.9 Å². The number of benzene rings is 3. The standard InChI is InChI=1S/C29H29Cl3F3N3O4S/c1-4-26(28(40)36-5-2)37(16-19-8-12-24(31)25(32)14-19)27(39)17-38(43(41,42)21-10-6-18(3)7-11-21)20-9-13-23(30)22(15-20)29(33,34)35/h6-15,26H,4-5,16-17H2,1-3H3,(H,36,40)/t26-/m0/s1. The summed E-state index contributed by atoms with van der Waals surface area (Å²) < 4.78 is 69.7. The van der Waals surface area contributed by atoms with Crippen LogP contribution in [0.2, 0.25) is 15.1 Å². The molecule has 14 heteroatoms. The number of nitrogens with zero attached hydrogens (tertiary/aromatic N) is 2. The summed E-state index contributed by atoms with van der Waals surface area (Å²) in [6.07, 6.45) is -4.75. The number of sulfonamides is 1. The molecule has 1 N–H and O–H groups in total. The third kappa shape index (κ3) is 8.35. The minimum atomic E-state index is -4.90. The molecule has 1 atom stereocenters. The molecule has 0 heterocycles. The van der Waals surface area contributed by atoms with Crippen LogP contribution < -0.4 is 9.62 Å². The van der Waals surface area contributed by atoms with Crippen LogP contribution in [0.1, 0.15) is 37.0 Å². The maximum absolute atomic E-state index is 14.0. The number of hydrogen-bond donors (Lipinski definition) is 1. The second kappa shape index (κ2) is 14.2. The molecule has 0 fully saturated rings. The Balaban J connectivity index is 2.16. The van der Waals surface area contributed by atoms with Gasteiger partial charge in [-0.3, -0.25) is 13.9 Å². The fourth-order valence-corrected chi connectivity index (χ4v) is 6.25. The molecule has 0 saturated carbocycles. The maximum atomic E-state index is 14.0. The van der Waals surface area contributed by atoms with Crippen LogP contribution in [0.15, 0.2) is 65.6 Å². The molecular weight excluding hydrogens is 650 g/mol. The van der Waals surface area contributed by atoms with Crippen LogP contribution in [0.5, 0.6) is 0 Å². The molecule has 3 aromatic rings. The summed E-state index contributed by atoms with van der Waals surface area (Å²) in [5.41, 5.74) is -0.479. The Labute approximate surface area is 263 Å². The predicted molar refractivity (Wildman–Crippen MR) is 162 cm³/mol. The zero-order chi connectivity index (χ0) is 32.1. The van der Waals surface area contributed by atoms with E-state index in [-0.39, 0.29) is 34.5 Å². The van der Waals surface area contributed by atoms with E-state index in [1.165, 1.54) is 41.3 Å². The van der Waals surface area contributed by atoms with Gasteiger partial charge in [-0.2, -0.15) is 13.2 Å². The summed E-state index contributed by atoms with van der Waals surface area (Å²) in [6.45, 7) is 4.28. The van der Waals surface area contributed by atoms with Crippen LogP contribution in [-0.2, 0) is 32.3 Å². The van der Waals surface area contributed by atoms with Crippen molar-refractivity contribution in [3.8, 4) is 0 Å². The molecule has 0 bridgehead atoms.